The molecule has 1 fully saturated rings. The molecule has 0 unspecified atom stereocenters. The van der Waals surface area contributed by atoms with Crippen LogP contribution in [-0.4, -0.2) is 49.2 Å². The summed E-state index contributed by atoms with van der Waals surface area (Å²) in [6, 6.07) is 14.2. The number of furan rings is 1. The van der Waals surface area contributed by atoms with Crippen LogP contribution in [-0.2, 0) is 4.79 Å². The molecule has 0 atom stereocenters. The second-order valence-electron chi connectivity index (χ2n) is 6.56. The normalized spacial score (nSPS) is 15.9. The lowest BCUT2D eigenvalue weighted by Gasteiger charge is -2.36. The molecule has 6 heteroatoms. The maximum absolute atomic E-state index is 12.0. The first kappa shape index (κ1) is 18.2. The van der Waals surface area contributed by atoms with Gasteiger partial charge in [0.2, 0.25) is 5.91 Å². The first-order chi connectivity index (χ1) is 12.6. The molecule has 0 spiro atoms. The predicted octanol–water partition coefficient (Wildman–Crippen LogP) is 2.64. The zero-order valence-electron chi connectivity index (χ0n) is 15.4. The Bertz CT molecular complexity index is 746. The lowest BCUT2D eigenvalue weighted by atomic mass is 10.2. The number of carbonyl (C=O) groups excluding carboxylic acids is 1. The van der Waals surface area contributed by atoms with Gasteiger partial charge < -0.3 is 9.32 Å². The van der Waals surface area contributed by atoms with Gasteiger partial charge in [-0.1, -0.05) is 18.2 Å². The number of aryl methyl sites for hydroxylation is 1. The number of piperazine rings is 1. The summed E-state index contributed by atoms with van der Waals surface area (Å²) in [5, 5.41) is 4.12. The molecule has 2 aromatic rings. The molecule has 3 rings (SSSR count). The van der Waals surface area contributed by atoms with Crippen LogP contribution in [0.4, 0.5) is 5.69 Å². The third kappa shape index (κ3) is 4.95. The molecule has 1 saturated heterocycles. The van der Waals surface area contributed by atoms with Crippen LogP contribution in [0.25, 0.3) is 0 Å². The van der Waals surface area contributed by atoms with E-state index in [4.69, 9.17) is 4.42 Å². The average Bonchev–Trinajstić information content (AvgIpc) is 3.12. The van der Waals surface area contributed by atoms with Crippen molar-refractivity contribution in [2.45, 2.75) is 20.3 Å². The molecule has 1 aliphatic heterocycles. The predicted molar refractivity (Wildman–Crippen MR) is 104 cm³/mol. The highest BCUT2D eigenvalue weighted by molar-refractivity contribution is 5.96. The summed E-state index contributed by atoms with van der Waals surface area (Å²) in [7, 11) is 0. The van der Waals surface area contributed by atoms with Gasteiger partial charge in [0, 0.05) is 44.8 Å². The molecule has 1 amide bonds. The Morgan fingerprint density at radius 2 is 1.85 bits per heavy atom. The Kier molecular flexibility index (Phi) is 6.07. The minimum atomic E-state index is -0.0712. The van der Waals surface area contributed by atoms with Gasteiger partial charge in [0.05, 0.1) is 0 Å². The fourth-order valence-electron chi connectivity index (χ4n) is 3.01. The van der Waals surface area contributed by atoms with Crippen LogP contribution in [0.3, 0.4) is 0 Å². The van der Waals surface area contributed by atoms with E-state index < -0.39 is 0 Å². The van der Waals surface area contributed by atoms with Gasteiger partial charge in [-0.2, -0.15) is 5.10 Å². The van der Waals surface area contributed by atoms with E-state index >= 15 is 0 Å². The number of benzene rings is 1. The highest BCUT2D eigenvalue weighted by Crippen LogP contribution is 2.15. The summed E-state index contributed by atoms with van der Waals surface area (Å²) >= 11 is 0. The van der Waals surface area contributed by atoms with Gasteiger partial charge in [0.1, 0.15) is 17.2 Å². The van der Waals surface area contributed by atoms with E-state index in [0.29, 0.717) is 17.9 Å². The topological polar surface area (TPSA) is 61.1 Å². The van der Waals surface area contributed by atoms with Crippen molar-refractivity contribution in [1.82, 2.24) is 10.3 Å². The van der Waals surface area contributed by atoms with Crippen LogP contribution in [0.15, 0.2) is 52.0 Å². The number of hydrogen-bond acceptors (Lipinski definition) is 5. The van der Waals surface area contributed by atoms with Crippen molar-refractivity contribution in [3.05, 3.63) is 54.0 Å². The van der Waals surface area contributed by atoms with Gasteiger partial charge in [-0.3, -0.25) is 9.69 Å². The van der Waals surface area contributed by atoms with Crippen LogP contribution < -0.4 is 10.3 Å². The molecule has 26 heavy (non-hydrogen) atoms. The largest absolute Gasteiger partial charge is 0.460 e. The van der Waals surface area contributed by atoms with Gasteiger partial charge in [0.25, 0.3) is 0 Å². The molecule has 1 aromatic heterocycles. The maximum Gasteiger partial charge on any atom is 0.241 e. The van der Waals surface area contributed by atoms with E-state index in [1.807, 2.05) is 32.0 Å². The number of nitrogens with one attached hydrogen (secondary N) is 1. The van der Waals surface area contributed by atoms with Crippen molar-refractivity contribution >= 4 is 17.3 Å². The lowest BCUT2D eigenvalue weighted by molar-refractivity contribution is -0.121. The first-order valence-corrected chi connectivity index (χ1v) is 9.04. The minimum Gasteiger partial charge on any atom is -0.460 e. The maximum atomic E-state index is 12.0. The monoisotopic (exact) mass is 354 g/mol. The van der Waals surface area contributed by atoms with Gasteiger partial charge in [0.15, 0.2) is 0 Å². The third-order valence-corrected chi connectivity index (χ3v) is 4.59. The minimum absolute atomic E-state index is 0.0712. The zero-order chi connectivity index (χ0) is 18.4. The summed E-state index contributed by atoms with van der Waals surface area (Å²) < 4.78 is 5.48. The third-order valence-electron chi connectivity index (χ3n) is 4.59. The average molecular weight is 354 g/mol. The van der Waals surface area contributed by atoms with E-state index in [2.05, 4.69) is 44.6 Å². The zero-order valence-corrected chi connectivity index (χ0v) is 15.4. The Hall–Kier alpha value is -2.60. The van der Waals surface area contributed by atoms with Crippen molar-refractivity contribution in [1.29, 1.82) is 0 Å². The molecular weight excluding hydrogens is 328 g/mol. The van der Waals surface area contributed by atoms with Gasteiger partial charge in [-0.15, -0.1) is 0 Å². The molecule has 138 valence electrons. The smallest absolute Gasteiger partial charge is 0.241 e. The number of para-hydroxylation sites is 1. The Labute approximate surface area is 154 Å². The molecule has 2 heterocycles. The van der Waals surface area contributed by atoms with E-state index in [0.717, 1.165) is 38.5 Å². The highest BCUT2D eigenvalue weighted by Gasteiger charge is 2.17. The SMILES string of the molecule is C/C(=N\NC(=O)CCN1CCN(c2ccccc2)CC1)c1ccc(C)o1. The number of carbonyl (C=O) groups is 1. The van der Waals surface area contributed by atoms with Crippen LogP contribution >= 0.6 is 0 Å². The fraction of sp³-hybridized carbons (Fsp3) is 0.400. The Morgan fingerprint density at radius 3 is 2.50 bits per heavy atom. The van der Waals surface area contributed by atoms with E-state index in [1.54, 1.807) is 0 Å². The number of hydrogen-bond donors (Lipinski definition) is 1. The lowest BCUT2D eigenvalue weighted by Crippen LogP contribution is -2.47. The molecule has 6 nitrogen and oxygen atoms in total. The molecule has 0 radical (unpaired) electrons. The van der Waals surface area contributed by atoms with Gasteiger partial charge in [-0.25, -0.2) is 5.43 Å². The van der Waals surface area contributed by atoms with Crippen molar-refractivity contribution in [2.75, 3.05) is 37.6 Å². The standard InChI is InChI=1S/C20H26N4O2/c1-16-8-9-19(26-16)17(2)21-22-20(25)10-11-23-12-14-24(15-13-23)18-6-4-3-5-7-18/h3-9H,10-15H2,1-2H3,(H,22,25)/b21-17+. The summed E-state index contributed by atoms with van der Waals surface area (Å²) in [6.07, 6.45) is 0.444. The summed E-state index contributed by atoms with van der Waals surface area (Å²) in [5.41, 5.74) is 4.55. The molecule has 0 aliphatic carbocycles. The molecule has 0 bridgehead atoms. The number of amides is 1. The quantitative estimate of drug-likeness (QED) is 0.640. The number of rotatable bonds is 6. The number of anilines is 1. The molecule has 1 aliphatic rings. The van der Waals surface area contributed by atoms with Gasteiger partial charge in [-0.05, 0) is 38.1 Å². The van der Waals surface area contributed by atoms with E-state index in [9.17, 15) is 4.79 Å². The van der Waals surface area contributed by atoms with Crippen LogP contribution in [0, 0.1) is 6.92 Å². The van der Waals surface area contributed by atoms with Crippen LogP contribution in [0.1, 0.15) is 24.9 Å². The first-order valence-electron chi connectivity index (χ1n) is 9.04. The van der Waals surface area contributed by atoms with E-state index in [-0.39, 0.29) is 5.91 Å². The van der Waals surface area contributed by atoms with E-state index in [1.165, 1.54) is 5.69 Å². The van der Waals surface area contributed by atoms with Crippen molar-refractivity contribution in [2.24, 2.45) is 5.10 Å². The van der Waals surface area contributed by atoms with Gasteiger partial charge >= 0.3 is 0 Å². The summed E-state index contributed by atoms with van der Waals surface area (Å²) in [5.74, 6) is 1.44. The number of hydrazone groups is 1. The van der Waals surface area contributed by atoms with Crippen molar-refractivity contribution in [3.8, 4) is 0 Å². The molecule has 1 N–H and O–H groups in total. The van der Waals surface area contributed by atoms with Crippen molar-refractivity contribution < 1.29 is 9.21 Å². The molecule has 1 aromatic carbocycles. The highest BCUT2D eigenvalue weighted by atomic mass is 16.3. The van der Waals surface area contributed by atoms with Crippen LogP contribution in [0.2, 0.25) is 0 Å². The van der Waals surface area contributed by atoms with Crippen molar-refractivity contribution in [3.63, 3.8) is 0 Å². The fourth-order valence-corrected chi connectivity index (χ4v) is 3.01. The Balaban J connectivity index is 1.39. The van der Waals surface area contributed by atoms with Crippen LogP contribution in [0.5, 0.6) is 0 Å². The summed E-state index contributed by atoms with van der Waals surface area (Å²) in [6.45, 7) is 8.37. The summed E-state index contributed by atoms with van der Waals surface area (Å²) in [4.78, 5) is 16.7. The Morgan fingerprint density at radius 1 is 1.12 bits per heavy atom. The second kappa shape index (κ2) is 8.67. The molecule has 0 saturated carbocycles. The number of nitrogens with zero attached hydrogens (tertiary/aromatic N) is 3. The second-order valence-corrected chi connectivity index (χ2v) is 6.56. The molecular formula is C20H26N4O2.